The summed E-state index contributed by atoms with van der Waals surface area (Å²) in [7, 11) is 1.92. The number of aromatic nitrogens is 3. The Bertz CT molecular complexity index is 300. The number of nitrogens with two attached hydrogens (primary N) is 1. The predicted molar refractivity (Wildman–Crippen MR) is 60.7 cm³/mol. The fourth-order valence-electron chi connectivity index (χ4n) is 1.07. The van der Waals surface area contributed by atoms with Crippen LogP contribution < -0.4 is 5.73 Å². The first-order valence-corrected chi connectivity index (χ1v) is 5.96. The van der Waals surface area contributed by atoms with E-state index in [2.05, 4.69) is 10.2 Å². The molecule has 0 radical (unpaired) electrons. The first-order valence-electron chi connectivity index (χ1n) is 4.98. The molecule has 0 aliphatic carbocycles. The van der Waals surface area contributed by atoms with Crippen LogP contribution in [-0.4, -0.2) is 33.2 Å². The second kappa shape index (κ2) is 6.09. The van der Waals surface area contributed by atoms with E-state index in [1.54, 1.807) is 11.8 Å². The molecule has 0 aromatic carbocycles. The third-order valence-electron chi connectivity index (χ3n) is 1.87. The highest BCUT2D eigenvalue weighted by Gasteiger charge is 2.07. The molecule has 0 unspecified atom stereocenters. The van der Waals surface area contributed by atoms with Gasteiger partial charge in [-0.1, -0.05) is 11.8 Å². The van der Waals surface area contributed by atoms with Gasteiger partial charge in [-0.05, 0) is 13.8 Å². The smallest absolute Gasteiger partial charge is 0.191 e. The Labute approximate surface area is 94.4 Å². The maximum atomic E-state index is 5.50. The summed E-state index contributed by atoms with van der Waals surface area (Å²) in [5, 5.41) is 8.91. The van der Waals surface area contributed by atoms with Crippen LogP contribution in [-0.2, 0) is 18.3 Å². The molecule has 86 valence electrons. The molecule has 0 bridgehead atoms. The summed E-state index contributed by atoms with van der Waals surface area (Å²) in [6.45, 7) is 5.21. The molecule has 0 saturated heterocycles. The van der Waals surface area contributed by atoms with Crippen LogP contribution >= 0.6 is 11.8 Å². The average Bonchev–Trinajstić information content (AvgIpc) is 2.54. The summed E-state index contributed by atoms with van der Waals surface area (Å²) >= 11 is 1.63. The monoisotopic (exact) mass is 230 g/mol. The molecular weight excluding hydrogens is 212 g/mol. The van der Waals surface area contributed by atoms with Crippen molar-refractivity contribution in [2.24, 2.45) is 12.8 Å². The number of rotatable bonds is 6. The molecule has 1 heterocycles. The molecule has 0 amide bonds. The molecule has 0 aliphatic rings. The summed E-state index contributed by atoms with van der Waals surface area (Å²) in [4.78, 5) is 0. The molecular formula is C9H18N4OS. The van der Waals surface area contributed by atoms with Crippen LogP contribution in [0.4, 0.5) is 0 Å². The topological polar surface area (TPSA) is 66.0 Å². The van der Waals surface area contributed by atoms with Crippen molar-refractivity contribution in [1.29, 1.82) is 0 Å². The van der Waals surface area contributed by atoms with E-state index in [-0.39, 0.29) is 6.10 Å². The fraction of sp³-hybridized carbons (Fsp3) is 0.778. The van der Waals surface area contributed by atoms with Crippen LogP contribution in [0.15, 0.2) is 5.16 Å². The Morgan fingerprint density at radius 1 is 1.47 bits per heavy atom. The molecule has 1 aromatic heterocycles. The Balaban J connectivity index is 2.34. The zero-order valence-electron chi connectivity index (χ0n) is 9.43. The van der Waals surface area contributed by atoms with E-state index in [1.807, 2.05) is 25.5 Å². The van der Waals surface area contributed by atoms with Crippen LogP contribution in [0.1, 0.15) is 19.7 Å². The highest BCUT2D eigenvalue weighted by atomic mass is 32.2. The van der Waals surface area contributed by atoms with E-state index in [1.165, 1.54) is 0 Å². The Hall–Kier alpha value is -0.590. The molecule has 0 saturated carbocycles. The second-order valence-corrected chi connectivity index (χ2v) is 4.49. The third-order valence-corrected chi connectivity index (χ3v) is 2.86. The minimum absolute atomic E-state index is 0.282. The van der Waals surface area contributed by atoms with E-state index in [0.29, 0.717) is 6.54 Å². The Kier molecular flexibility index (Phi) is 5.07. The van der Waals surface area contributed by atoms with Crippen molar-refractivity contribution in [3.8, 4) is 0 Å². The number of ether oxygens (including phenoxy) is 1. The lowest BCUT2D eigenvalue weighted by Crippen LogP contribution is -2.07. The number of hydrogen-bond acceptors (Lipinski definition) is 5. The maximum Gasteiger partial charge on any atom is 0.191 e. The van der Waals surface area contributed by atoms with Gasteiger partial charge in [0.05, 0.1) is 19.3 Å². The first-order chi connectivity index (χ1) is 7.15. The molecule has 1 aromatic rings. The van der Waals surface area contributed by atoms with Gasteiger partial charge in [-0.15, -0.1) is 10.2 Å². The van der Waals surface area contributed by atoms with Crippen LogP contribution in [0.3, 0.4) is 0 Å². The summed E-state index contributed by atoms with van der Waals surface area (Å²) < 4.78 is 7.35. The summed E-state index contributed by atoms with van der Waals surface area (Å²) in [5.74, 6) is 1.69. The summed E-state index contributed by atoms with van der Waals surface area (Å²) in [6, 6.07) is 0. The van der Waals surface area contributed by atoms with E-state index in [0.717, 1.165) is 23.3 Å². The Morgan fingerprint density at radius 2 is 2.20 bits per heavy atom. The van der Waals surface area contributed by atoms with E-state index in [9.17, 15) is 0 Å². The highest BCUT2D eigenvalue weighted by Crippen LogP contribution is 2.15. The third kappa shape index (κ3) is 3.81. The van der Waals surface area contributed by atoms with Gasteiger partial charge in [-0.3, -0.25) is 0 Å². The number of nitrogens with zero attached hydrogens (tertiary/aromatic N) is 3. The standard InChI is InChI=1S/C9H18N4OS/c1-7(2)14-4-5-15-9-12-11-8(6-10)13(9)3/h7H,4-6,10H2,1-3H3. The van der Waals surface area contributed by atoms with Crippen LogP contribution in [0, 0.1) is 0 Å². The minimum atomic E-state index is 0.282. The van der Waals surface area contributed by atoms with Crippen LogP contribution in [0.2, 0.25) is 0 Å². The molecule has 2 N–H and O–H groups in total. The van der Waals surface area contributed by atoms with Crippen molar-refractivity contribution in [3.63, 3.8) is 0 Å². The lowest BCUT2D eigenvalue weighted by atomic mass is 10.5. The van der Waals surface area contributed by atoms with Crippen LogP contribution in [0.25, 0.3) is 0 Å². The van der Waals surface area contributed by atoms with Crippen molar-refractivity contribution in [2.45, 2.75) is 31.7 Å². The van der Waals surface area contributed by atoms with Gasteiger partial charge in [0, 0.05) is 12.8 Å². The summed E-state index contributed by atoms with van der Waals surface area (Å²) in [6.07, 6.45) is 0.282. The van der Waals surface area contributed by atoms with Gasteiger partial charge in [0.15, 0.2) is 5.16 Å². The van der Waals surface area contributed by atoms with Gasteiger partial charge in [0.2, 0.25) is 0 Å². The lowest BCUT2D eigenvalue weighted by molar-refractivity contribution is 0.0920. The molecule has 0 fully saturated rings. The average molecular weight is 230 g/mol. The zero-order valence-corrected chi connectivity index (χ0v) is 10.3. The van der Waals surface area contributed by atoms with Gasteiger partial charge in [-0.25, -0.2) is 0 Å². The molecule has 1 rings (SSSR count). The van der Waals surface area contributed by atoms with E-state index >= 15 is 0 Å². The van der Waals surface area contributed by atoms with Crippen molar-refractivity contribution in [1.82, 2.24) is 14.8 Å². The number of thioether (sulfide) groups is 1. The largest absolute Gasteiger partial charge is 0.378 e. The molecule has 5 nitrogen and oxygen atoms in total. The van der Waals surface area contributed by atoms with Crippen molar-refractivity contribution < 1.29 is 4.74 Å². The molecule has 0 atom stereocenters. The first kappa shape index (κ1) is 12.5. The number of hydrogen-bond donors (Lipinski definition) is 1. The quantitative estimate of drug-likeness (QED) is 0.578. The van der Waals surface area contributed by atoms with Crippen LogP contribution in [0.5, 0.6) is 0 Å². The van der Waals surface area contributed by atoms with Gasteiger partial charge in [0.25, 0.3) is 0 Å². The second-order valence-electron chi connectivity index (χ2n) is 3.43. The minimum Gasteiger partial charge on any atom is -0.378 e. The summed E-state index contributed by atoms with van der Waals surface area (Å²) in [5.41, 5.74) is 5.50. The van der Waals surface area contributed by atoms with Crippen molar-refractivity contribution in [3.05, 3.63) is 5.82 Å². The molecule has 0 spiro atoms. The van der Waals surface area contributed by atoms with Crippen molar-refractivity contribution >= 4 is 11.8 Å². The van der Waals surface area contributed by atoms with Gasteiger partial charge in [0.1, 0.15) is 5.82 Å². The lowest BCUT2D eigenvalue weighted by Gasteiger charge is -2.06. The van der Waals surface area contributed by atoms with Gasteiger partial charge < -0.3 is 15.0 Å². The van der Waals surface area contributed by atoms with Gasteiger partial charge >= 0.3 is 0 Å². The van der Waals surface area contributed by atoms with E-state index < -0.39 is 0 Å². The normalized spacial score (nSPS) is 11.3. The highest BCUT2D eigenvalue weighted by molar-refractivity contribution is 7.99. The predicted octanol–water partition coefficient (Wildman–Crippen LogP) is 0.791. The SMILES string of the molecule is CC(C)OCCSc1nnc(CN)n1C. The maximum absolute atomic E-state index is 5.50. The molecule has 0 aliphatic heterocycles. The molecule has 6 heteroatoms. The van der Waals surface area contributed by atoms with Gasteiger partial charge in [-0.2, -0.15) is 0 Å². The van der Waals surface area contributed by atoms with Crippen molar-refractivity contribution in [2.75, 3.05) is 12.4 Å². The fourth-order valence-corrected chi connectivity index (χ4v) is 1.82. The van der Waals surface area contributed by atoms with E-state index in [4.69, 9.17) is 10.5 Å². The molecule has 15 heavy (non-hydrogen) atoms. The zero-order chi connectivity index (χ0) is 11.3. The Morgan fingerprint density at radius 3 is 2.73 bits per heavy atom.